The Morgan fingerprint density at radius 2 is 2.00 bits per heavy atom. The maximum absolute atomic E-state index is 5.88. The summed E-state index contributed by atoms with van der Waals surface area (Å²) in [5, 5.41) is 3.39. The number of fused-ring (bicyclic) bond motifs is 1. The predicted octanol–water partition coefficient (Wildman–Crippen LogP) is 1.90. The second-order valence-corrected chi connectivity index (χ2v) is 6.31. The number of hydrogen-bond donors (Lipinski definition) is 1. The quantitative estimate of drug-likeness (QED) is 0.918. The molecule has 4 nitrogen and oxygen atoms in total. The Morgan fingerprint density at radius 1 is 1.19 bits per heavy atom. The predicted molar refractivity (Wildman–Crippen MR) is 83.6 cm³/mol. The molecular formula is C17H26N2O2. The molecule has 3 rings (SSSR count). The first-order valence-electron chi connectivity index (χ1n) is 7.97. The molecule has 2 aliphatic heterocycles. The molecule has 1 N–H and O–H groups in total. The van der Waals surface area contributed by atoms with E-state index in [2.05, 4.69) is 41.5 Å². The van der Waals surface area contributed by atoms with Gasteiger partial charge in [0.1, 0.15) is 12.4 Å². The van der Waals surface area contributed by atoms with E-state index in [1.807, 2.05) is 0 Å². The van der Waals surface area contributed by atoms with Crippen LogP contribution in [0.4, 0.5) is 0 Å². The highest BCUT2D eigenvalue weighted by Gasteiger charge is 2.34. The molecule has 0 atom stereocenters. The summed E-state index contributed by atoms with van der Waals surface area (Å²) in [5.74, 6) is 1.05. The average Bonchev–Trinajstić information content (AvgIpc) is 2.70. The molecule has 0 radical (unpaired) electrons. The van der Waals surface area contributed by atoms with Crippen molar-refractivity contribution in [3.63, 3.8) is 0 Å². The third kappa shape index (κ3) is 3.57. The minimum Gasteiger partial charge on any atom is -0.492 e. The van der Waals surface area contributed by atoms with Crippen LogP contribution in [0.25, 0.3) is 0 Å². The van der Waals surface area contributed by atoms with E-state index < -0.39 is 0 Å². The summed E-state index contributed by atoms with van der Waals surface area (Å²) in [7, 11) is 2.05. The Kier molecular flexibility index (Phi) is 4.78. The molecule has 1 fully saturated rings. The number of hydrogen-bond acceptors (Lipinski definition) is 4. The molecule has 0 aliphatic carbocycles. The van der Waals surface area contributed by atoms with Crippen molar-refractivity contribution in [3.8, 4) is 5.75 Å². The Morgan fingerprint density at radius 3 is 2.81 bits per heavy atom. The maximum Gasteiger partial charge on any atom is 0.123 e. The van der Waals surface area contributed by atoms with Crippen LogP contribution in [0.3, 0.4) is 0 Å². The monoisotopic (exact) mass is 290 g/mol. The van der Waals surface area contributed by atoms with Crippen molar-refractivity contribution in [2.75, 3.05) is 46.5 Å². The number of nitrogens with zero attached hydrogens (tertiary/aromatic N) is 1. The first kappa shape index (κ1) is 14.8. The number of rotatable bonds is 4. The van der Waals surface area contributed by atoms with Crippen LogP contribution in [0.5, 0.6) is 5.75 Å². The standard InChI is InChI=1S/C17H26N2O2/c1-18-13-17(6-9-20-10-7-17)14-19-8-11-21-16-5-3-2-4-15(16)12-19/h2-5,18H,6-14H2,1H3. The van der Waals surface area contributed by atoms with Gasteiger partial charge >= 0.3 is 0 Å². The van der Waals surface area contributed by atoms with E-state index in [4.69, 9.17) is 9.47 Å². The average molecular weight is 290 g/mol. The Labute approximate surface area is 127 Å². The Hall–Kier alpha value is -1.10. The van der Waals surface area contributed by atoms with Crippen molar-refractivity contribution in [1.82, 2.24) is 10.2 Å². The zero-order valence-electron chi connectivity index (χ0n) is 12.9. The minimum atomic E-state index is 0.340. The van der Waals surface area contributed by atoms with Crippen molar-refractivity contribution in [2.24, 2.45) is 5.41 Å². The molecule has 1 aromatic rings. The second-order valence-electron chi connectivity index (χ2n) is 6.31. The fourth-order valence-corrected chi connectivity index (χ4v) is 3.56. The van der Waals surface area contributed by atoms with Crippen LogP contribution in [-0.4, -0.2) is 51.4 Å². The molecule has 1 aromatic carbocycles. The fraction of sp³-hybridized carbons (Fsp3) is 0.647. The molecule has 21 heavy (non-hydrogen) atoms. The lowest BCUT2D eigenvalue weighted by Crippen LogP contribution is -2.47. The summed E-state index contributed by atoms with van der Waals surface area (Å²) in [6, 6.07) is 8.41. The zero-order valence-corrected chi connectivity index (χ0v) is 12.9. The lowest BCUT2D eigenvalue weighted by molar-refractivity contribution is -0.00539. The summed E-state index contributed by atoms with van der Waals surface area (Å²) < 4.78 is 11.4. The zero-order chi connectivity index (χ0) is 14.5. The van der Waals surface area contributed by atoms with Gasteiger partial charge in [-0.1, -0.05) is 18.2 Å². The van der Waals surface area contributed by atoms with Crippen molar-refractivity contribution >= 4 is 0 Å². The molecule has 0 aromatic heterocycles. The fourth-order valence-electron chi connectivity index (χ4n) is 3.56. The Balaban J connectivity index is 1.71. The lowest BCUT2D eigenvalue weighted by Gasteiger charge is -2.40. The van der Waals surface area contributed by atoms with Crippen LogP contribution in [0, 0.1) is 5.41 Å². The highest BCUT2D eigenvalue weighted by molar-refractivity contribution is 5.33. The summed E-state index contributed by atoms with van der Waals surface area (Å²) in [6.07, 6.45) is 2.29. The first-order chi connectivity index (χ1) is 10.3. The van der Waals surface area contributed by atoms with Gasteiger partial charge in [-0.2, -0.15) is 0 Å². The smallest absolute Gasteiger partial charge is 0.123 e. The maximum atomic E-state index is 5.88. The van der Waals surface area contributed by atoms with Gasteiger partial charge in [-0.3, -0.25) is 4.90 Å². The van der Waals surface area contributed by atoms with Gasteiger partial charge in [0.25, 0.3) is 0 Å². The van der Waals surface area contributed by atoms with Gasteiger partial charge in [0.2, 0.25) is 0 Å². The number of ether oxygens (including phenoxy) is 2. The molecule has 1 saturated heterocycles. The molecule has 0 amide bonds. The summed E-state index contributed by atoms with van der Waals surface area (Å²) in [6.45, 7) is 6.74. The van der Waals surface area contributed by atoms with Gasteiger partial charge in [0.05, 0.1) is 0 Å². The van der Waals surface area contributed by atoms with Crippen LogP contribution in [-0.2, 0) is 11.3 Å². The third-order valence-electron chi connectivity index (χ3n) is 4.70. The van der Waals surface area contributed by atoms with Gasteiger partial charge in [0, 0.05) is 45.0 Å². The van der Waals surface area contributed by atoms with E-state index >= 15 is 0 Å². The first-order valence-corrected chi connectivity index (χ1v) is 7.97. The molecule has 4 heteroatoms. The van der Waals surface area contributed by atoms with E-state index in [9.17, 15) is 0 Å². The van der Waals surface area contributed by atoms with Gasteiger partial charge in [0.15, 0.2) is 0 Å². The van der Waals surface area contributed by atoms with Crippen molar-refractivity contribution in [2.45, 2.75) is 19.4 Å². The molecule has 116 valence electrons. The molecule has 0 saturated carbocycles. The van der Waals surface area contributed by atoms with Crippen LogP contribution in [0.15, 0.2) is 24.3 Å². The topological polar surface area (TPSA) is 33.7 Å². The Bertz CT molecular complexity index is 452. The van der Waals surface area contributed by atoms with Gasteiger partial charge in [-0.05, 0) is 31.4 Å². The summed E-state index contributed by atoms with van der Waals surface area (Å²) in [4.78, 5) is 2.55. The second kappa shape index (κ2) is 6.77. The van der Waals surface area contributed by atoms with E-state index in [0.29, 0.717) is 5.41 Å². The van der Waals surface area contributed by atoms with E-state index in [1.165, 1.54) is 5.56 Å². The van der Waals surface area contributed by atoms with E-state index in [0.717, 1.165) is 64.6 Å². The van der Waals surface area contributed by atoms with E-state index in [1.54, 1.807) is 0 Å². The van der Waals surface area contributed by atoms with Gasteiger partial charge in [-0.15, -0.1) is 0 Å². The SMILES string of the molecule is CNCC1(CN2CCOc3ccccc3C2)CCOCC1. The highest BCUT2D eigenvalue weighted by atomic mass is 16.5. The third-order valence-corrected chi connectivity index (χ3v) is 4.70. The highest BCUT2D eigenvalue weighted by Crippen LogP contribution is 2.32. The molecule has 2 heterocycles. The normalized spacial score (nSPS) is 22.1. The minimum absolute atomic E-state index is 0.340. The van der Waals surface area contributed by atoms with Crippen LogP contribution in [0.1, 0.15) is 18.4 Å². The summed E-state index contributed by atoms with van der Waals surface area (Å²) in [5.41, 5.74) is 1.65. The van der Waals surface area contributed by atoms with Crippen LogP contribution >= 0.6 is 0 Å². The molecule has 0 bridgehead atoms. The van der Waals surface area contributed by atoms with Gasteiger partial charge in [-0.25, -0.2) is 0 Å². The number of benzene rings is 1. The van der Waals surface area contributed by atoms with Crippen molar-refractivity contribution in [3.05, 3.63) is 29.8 Å². The lowest BCUT2D eigenvalue weighted by atomic mass is 9.79. The molecule has 0 spiro atoms. The molecular weight excluding hydrogens is 264 g/mol. The molecule has 2 aliphatic rings. The van der Waals surface area contributed by atoms with E-state index in [-0.39, 0.29) is 0 Å². The van der Waals surface area contributed by atoms with Gasteiger partial charge < -0.3 is 14.8 Å². The van der Waals surface area contributed by atoms with Crippen molar-refractivity contribution in [1.29, 1.82) is 0 Å². The number of nitrogens with one attached hydrogen (secondary N) is 1. The number of para-hydroxylation sites is 1. The van der Waals surface area contributed by atoms with Crippen molar-refractivity contribution < 1.29 is 9.47 Å². The molecule has 0 unspecified atom stereocenters. The largest absolute Gasteiger partial charge is 0.492 e. The van der Waals surface area contributed by atoms with Crippen LogP contribution < -0.4 is 10.1 Å². The van der Waals surface area contributed by atoms with Crippen LogP contribution in [0.2, 0.25) is 0 Å². The summed E-state index contributed by atoms with van der Waals surface area (Å²) >= 11 is 0.